The van der Waals surface area contributed by atoms with Crippen LogP contribution in [0.2, 0.25) is 0 Å². The second-order valence-electron chi connectivity index (χ2n) is 5.15. The maximum atomic E-state index is 13.0. The number of nitrogens with two attached hydrogens (primary N) is 1. The molecule has 3 rings (SSSR count). The summed E-state index contributed by atoms with van der Waals surface area (Å²) in [6.07, 6.45) is 6.78. The number of nitrogen functional groups attached to an aromatic ring is 1. The van der Waals surface area contributed by atoms with E-state index in [9.17, 15) is 4.39 Å². The summed E-state index contributed by atoms with van der Waals surface area (Å²) in [5.41, 5.74) is 8.38. The summed E-state index contributed by atoms with van der Waals surface area (Å²) in [4.78, 5) is 5.55. The SMILES string of the molecule is Nc1cnc(-c2ccc(F)cc2)c(SC2CCCC2)c1. The number of nitrogens with zero attached hydrogens (tertiary/aromatic N) is 1. The van der Waals surface area contributed by atoms with E-state index < -0.39 is 0 Å². The topological polar surface area (TPSA) is 38.9 Å². The Bertz CT molecular complexity index is 592. The summed E-state index contributed by atoms with van der Waals surface area (Å²) in [5, 5.41) is 0.651. The standard InChI is InChI=1S/C16H17FN2S/c17-12-7-5-11(6-8-12)16-15(9-13(18)10-19-16)20-14-3-1-2-4-14/h5-10,14H,1-4,18H2. The molecule has 0 amide bonds. The highest BCUT2D eigenvalue weighted by Gasteiger charge is 2.19. The maximum Gasteiger partial charge on any atom is 0.123 e. The molecule has 20 heavy (non-hydrogen) atoms. The predicted octanol–water partition coefficient (Wildman–Crippen LogP) is 4.50. The molecule has 1 aliphatic carbocycles. The minimum atomic E-state index is -0.228. The van der Waals surface area contributed by atoms with Crippen LogP contribution >= 0.6 is 11.8 Å². The molecule has 104 valence electrons. The molecule has 1 aromatic carbocycles. The average molecular weight is 288 g/mol. The molecule has 0 spiro atoms. The van der Waals surface area contributed by atoms with Crippen molar-refractivity contribution in [2.45, 2.75) is 35.8 Å². The highest BCUT2D eigenvalue weighted by atomic mass is 32.2. The van der Waals surface area contributed by atoms with Gasteiger partial charge < -0.3 is 5.73 Å². The molecule has 2 aromatic rings. The molecular formula is C16H17FN2S. The molecule has 0 atom stereocenters. The molecule has 1 saturated carbocycles. The van der Waals surface area contributed by atoms with Crippen LogP contribution in [0.25, 0.3) is 11.3 Å². The van der Waals surface area contributed by atoms with Gasteiger partial charge >= 0.3 is 0 Å². The molecule has 0 radical (unpaired) electrons. The van der Waals surface area contributed by atoms with Crippen LogP contribution in [0.1, 0.15) is 25.7 Å². The van der Waals surface area contributed by atoms with Crippen molar-refractivity contribution in [1.29, 1.82) is 0 Å². The Labute approximate surface area is 122 Å². The predicted molar refractivity (Wildman–Crippen MR) is 82.2 cm³/mol. The van der Waals surface area contributed by atoms with E-state index in [4.69, 9.17) is 5.73 Å². The number of aromatic nitrogens is 1. The van der Waals surface area contributed by atoms with Gasteiger partial charge in [0, 0.05) is 15.7 Å². The third-order valence-corrected chi connectivity index (χ3v) is 4.96. The zero-order valence-corrected chi connectivity index (χ0v) is 12.0. The van der Waals surface area contributed by atoms with Crippen LogP contribution in [0.15, 0.2) is 41.4 Å². The Morgan fingerprint density at radius 1 is 1.15 bits per heavy atom. The molecule has 2 N–H and O–H groups in total. The highest BCUT2D eigenvalue weighted by Crippen LogP contribution is 2.39. The van der Waals surface area contributed by atoms with E-state index in [1.54, 1.807) is 18.3 Å². The number of benzene rings is 1. The van der Waals surface area contributed by atoms with Gasteiger partial charge in [-0.05, 0) is 43.2 Å². The minimum absolute atomic E-state index is 0.228. The van der Waals surface area contributed by atoms with Crippen molar-refractivity contribution in [1.82, 2.24) is 4.98 Å². The van der Waals surface area contributed by atoms with E-state index in [1.807, 2.05) is 17.8 Å². The molecule has 1 fully saturated rings. The zero-order chi connectivity index (χ0) is 13.9. The first-order valence-electron chi connectivity index (χ1n) is 6.90. The van der Waals surface area contributed by atoms with E-state index in [0.29, 0.717) is 10.9 Å². The van der Waals surface area contributed by atoms with E-state index in [-0.39, 0.29) is 5.82 Å². The van der Waals surface area contributed by atoms with Crippen molar-refractivity contribution in [3.8, 4) is 11.3 Å². The first kappa shape index (κ1) is 13.4. The molecule has 0 aliphatic heterocycles. The van der Waals surface area contributed by atoms with Gasteiger partial charge in [-0.2, -0.15) is 0 Å². The van der Waals surface area contributed by atoms with Crippen LogP contribution in [-0.2, 0) is 0 Å². The molecule has 4 heteroatoms. The van der Waals surface area contributed by atoms with Gasteiger partial charge in [-0.25, -0.2) is 4.39 Å². The van der Waals surface area contributed by atoms with Gasteiger partial charge in [-0.15, -0.1) is 11.8 Å². The molecule has 1 heterocycles. The van der Waals surface area contributed by atoms with Crippen molar-refractivity contribution in [3.63, 3.8) is 0 Å². The summed E-state index contributed by atoms with van der Waals surface area (Å²) in [5.74, 6) is -0.228. The summed E-state index contributed by atoms with van der Waals surface area (Å²) in [7, 11) is 0. The lowest BCUT2D eigenvalue weighted by Gasteiger charge is -2.13. The lowest BCUT2D eigenvalue weighted by atomic mass is 10.1. The fourth-order valence-corrected chi connectivity index (χ4v) is 3.97. The van der Waals surface area contributed by atoms with Crippen molar-refractivity contribution < 1.29 is 4.39 Å². The van der Waals surface area contributed by atoms with E-state index >= 15 is 0 Å². The van der Waals surface area contributed by atoms with Gasteiger partial charge in [0.25, 0.3) is 0 Å². The summed E-state index contributed by atoms with van der Waals surface area (Å²) in [6.45, 7) is 0. The van der Waals surface area contributed by atoms with E-state index in [1.165, 1.54) is 37.8 Å². The van der Waals surface area contributed by atoms with E-state index in [2.05, 4.69) is 4.98 Å². The first-order chi connectivity index (χ1) is 9.72. The number of anilines is 1. The van der Waals surface area contributed by atoms with Crippen LogP contribution in [0, 0.1) is 5.82 Å². The Kier molecular flexibility index (Phi) is 3.92. The van der Waals surface area contributed by atoms with Crippen LogP contribution in [0.5, 0.6) is 0 Å². The van der Waals surface area contributed by atoms with Crippen LogP contribution < -0.4 is 5.73 Å². The Hall–Kier alpha value is -1.55. The lowest BCUT2D eigenvalue weighted by Crippen LogP contribution is -1.98. The van der Waals surface area contributed by atoms with Crippen molar-refractivity contribution >= 4 is 17.4 Å². The van der Waals surface area contributed by atoms with Gasteiger partial charge in [0.15, 0.2) is 0 Å². The number of hydrogen-bond acceptors (Lipinski definition) is 3. The Morgan fingerprint density at radius 2 is 1.85 bits per heavy atom. The highest BCUT2D eigenvalue weighted by molar-refractivity contribution is 8.00. The zero-order valence-electron chi connectivity index (χ0n) is 11.2. The maximum absolute atomic E-state index is 13.0. The summed E-state index contributed by atoms with van der Waals surface area (Å²) in [6, 6.07) is 8.46. The number of hydrogen-bond donors (Lipinski definition) is 1. The van der Waals surface area contributed by atoms with Crippen molar-refractivity contribution in [2.24, 2.45) is 0 Å². The molecule has 0 bridgehead atoms. The fraction of sp³-hybridized carbons (Fsp3) is 0.312. The van der Waals surface area contributed by atoms with Crippen molar-refractivity contribution in [3.05, 3.63) is 42.3 Å². The quantitative estimate of drug-likeness (QED) is 0.903. The smallest absolute Gasteiger partial charge is 0.123 e. The minimum Gasteiger partial charge on any atom is -0.397 e. The molecule has 1 aliphatic rings. The van der Waals surface area contributed by atoms with Crippen molar-refractivity contribution in [2.75, 3.05) is 5.73 Å². The number of halogens is 1. The fourth-order valence-electron chi connectivity index (χ4n) is 2.56. The molecule has 0 saturated heterocycles. The van der Waals surface area contributed by atoms with Gasteiger partial charge in [-0.3, -0.25) is 4.98 Å². The summed E-state index contributed by atoms with van der Waals surface area (Å²) < 4.78 is 13.0. The number of pyridine rings is 1. The second kappa shape index (κ2) is 5.83. The average Bonchev–Trinajstić information content (AvgIpc) is 2.93. The number of rotatable bonds is 3. The second-order valence-corrected chi connectivity index (χ2v) is 6.49. The van der Waals surface area contributed by atoms with Gasteiger partial charge in [-0.1, -0.05) is 12.8 Å². The first-order valence-corrected chi connectivity index (χ1v) is 7.78. The summed E-state index contributed by atoms with van der Waals surface area (Å²) >= 11 is 1.85. The molecule has 2 nitrogen and oxygen atoms in total. The third kappa shape index (κ3) is 2.96. The Balaban J connectivity index is 1.94. The van der Waals surface area contributed by atoms with Gasteiger partial charge in [0.05, 0.1) is 17.6 Å². The molecular weight excluding hydrogens is 271 g/mol. The van der Waals surface area contributed by atoms with Gasteiger partial charge in [0.2, 0.25) is 0 Å². The lowest BCUT2D eigenvalue weighted by molar-refractivity contribution is 0.628. The normalized spacial score (nSPS) is 15.7. The monoisotopic (exact) mass is 288 g/mol. The van der Waals surface area contributed by atoms with Crippen LogP contribution in [-0.4, -0.2) is 10.2 Å². The molecule has 1 aromatic heterocycles. The third-order valence-electron chi connectivity index (χ3n) is 3.59. The van der Waals surface area contributed by atoms with Gasteiger partial charge in [0.1, 0.15) is 5.82 Å². The largest absolute Gasteiger partial charge is 0.397 e. The van der Waals surface area contributed by atoms with E-state index in [0.717, 1.165) is 16.2 Å². The molecule has 0 unspecified atom stereocenters. The number of thioether (sulfide) groups is 1. The Morgan fingerprint density at radius 3 is 2.55 bits per heavy atom. The van der Waals surface area contributed by atoms with Crippen LogP contribution in [0.4, 0.5) is 10.1 Å². The van der Waals surface area contributed by atoms with Crippen LogP contribution in [0.3, 0.4) is 0 Å².